The van der Waals surface area contributed by atoms with Gasteiger partial charge in [-0.3, -0.25) is 0 Å². The molecule has 1 fully saturated rings. The van der Waals surface area contributed by atoms with E-state index in [0.29, 0.717) is 6.61 Å². The maximum Gasteiger partial charge on any atom is 0.139 e. The molecular formula is C12H15NO2. The minimum atomic E-state index is -0.131. The standard InChI is InChI=1S/C12H15NO2/c14-8-11-12(6-7-13-11)15-9-10-4-2-1-3-5-10/h1-5,8,11-13H,6-7,9H2/t11?,12-/m1/s1. The first kappa shape index (κ1) is 10.3. The lowest BCUT2D eigenvalue weighted by atomic mass is 10.2. The number of rotatable bonds is 4. The van der Waals surface area contributed by atoms with Gasteiger partial charge in [0, 0.05) is 0 Å². The summed E-state index contributed by atoms with van der Waals surface area (Å²) in [5, 5.41) is 3.10. The van der Waals surface area contributed by atoms with Gasteiger partial charge < -0.3 is 14.8 Å². The quantitative estimate of drug-likeness (QED) is 0.749. The summed E-state index contributed by atoms with van der Waals surface area (Å²) >= 11 is 0. The summed E-state index contributed by atoms with van der Waals surface area (Å²) < 4.78 is 5.70. The molecule has 1 aromatic rings. The van der Waals surface area contributed by atoms with E-state index in [4.69, 9.17) is 4.74 Å². The zero-order valence-corrected chi connectivity index (χ0v) is 8.56. The highest BCUT2D eigenvalue weighted by Gasteiger charge is 2.26. The second-order valence-electron chi connectivity index (χ2n) is 3.74. The van der Waals surface area contributed by atoms with Crippen LogP contribution in [0.3, 0.4) is 0 Å². The molecule has 2 atom stereocenters. The van der Waals surface area contributed by atoms with Crippen molar-refractivity contribution < 1.29 is 9.53 Å². The first-order valence-corrected chi connectivity index (χ1v) is 5.24. The Morgan fingerprint density at radius 2 is 2.20 bits per heavy atom. The smallest absolute Gasteiger partial charge is 0.139 e. The van der Waals surface area contributed by atoms with Crippen LogP contribution in [-0.4, -0.2) is 25.0 Å². The second kappa shape index (κ2) is 5.05. The molecule has 0 spiro atoms. The number of nitrogens with one attached hydrogen (secondary N) is 1. The van der Waals surface area contributed by atoms with Crippen LogP contribution >= 0.6 is 0 Å². The van der Waals surface area contributed by atoms with Gasteiger partial charge in [-0.2, -0.15) is 0 Å². The summed E-state index contributed by atoms with van der Waals surface area (Å²) in [5.74, 6) is 0. The number of benzene rings is 1. The first-order valence-electron chi connectivity index (χ1n) is 5.24. The van der Waals surface area contributed by atoms with Gasteiger partial charge in [0.25, 0.3) is 0 Å². The van der Waals surface area contributed by atoms with Crippen molar-refractivity contribution in [1.82, 2.24) is 5.32 Å². The highest BCUT2D eigenvalue weighted by atomic mass is 16.5. The van der Waals surface area contributed by atoms with Gasteiger partial charge in [-0.1, -0.05) is 30.3 Å². The summed E-state index contributed by atoms with van der Waals surface area (Å²) in [6.45, 7) is 1.44. The van der Waals surface area contributed by atoms with Crippen LogP contribution < -0.4 is 5.32 Å². The second-order valence-corrected chi connectivity index (χ2v) is 3.74. The number of aldehydes is 1. The molecule has 3 heteroatoms. The van der Waals surface area contributed by atoms with Gasteiger partial charge in [-0.05, 0) is 18.5 Å². The molecule has 3 nitrogen and oxygen atoms in total. The normalized spacial score (nSPS) is 25.3. The SMILES string of the molecule is O=CC1NCC[C@H]1OCc1ccccc1. The highest BCUT2D eigenvalue weighted by Crippen LogP contribution is 2.12. The molecule has 15 heavy (non-hydrogen) atoms. The Kier molecular flexibility index (Phi) is 3.48. The molecular weight excluding hydrogens is 190 g/mol. The van der Waals surface area contributed by atoms with Gasteiger partial charge in [0.15, 0.2) is 0 Å². The summed E-state index contributed by atoms with van der Waals surface area (Å²) in [7, 11) is 0. The molecule has 1 aliphatic rings. The van der Waals surface area contributed by atoms with Gasteiger partial charge in [0.1, 0.15) is 6.29 Å². The predicted octanol–water partition coefficient (Wildman–Crippen LogP) is 1.13. The monoisotopic (exact) mass is 205 g/mol. The molecule has 1 aliphatic heterocycles. The van der Waals surface area contributed by atoms with Crippen LogP contribution in [0.2, 0.25) is 0 Å². The lowest BCUT2D eigenvalue weighted by Gasteiger charge is -2.14. The molecule has 1 N–H and O–H groups in total. The fourth-order valence-corrected chi connectivity index (χ4v) is 1.80. The van der Waals surface area contributed by atoms with Crippen molar-refractivity contribution in [1.29, 1.82) is 0 Å². The summed E-state index contributed by atoms with van der Waals surface area (Å²) in [6.07, 6.45) is 1.88. The number of hydrogen-bond donors (Lipinski definition) is 1. The van der Waals surface area contributed by atoms with Crippen LogP contribution in [0.25, 0.3) is 0 Å². The van der Waals surface area contributed by atoms with Crippen LogP contribution in [0.1, 0.15) is 12.0 Å². The van der Waals surface area contributed by atoms with Crippen molar-refractivity contribution in [2.45, 2.75) is 25.2 Å². The van der Waals surface area contributed by atoms with Crippen molar-refractivity contribution >= 4 is 6.29 Å². The molecule has 2 rings (SSSR count). The zero-order chi connectivity index (χ0) is 10.5. The molecule has 0 amide bonds. The molecule has 0 radical (unpaired) electrons. The lowest BCUT2D eigenvalue weighted by molar-refractivity contribution is -0.112. The number of carbonyl (C=O) groups is 1. The predicted molar refractivity (Wildman–Crippen MR) is 57.5 cm³/mol. The van der Waals surface area contributed by atoms with Crippen molar-refractivity contribution in [3.8, 4) is 0 Å². The topological polar surface area (TPSA) is 38.3 Å². The average molecular weight is 205 g/mol. The molecule has 1 saturated heterocycles. The minimum absolute atomic E-state index is 0.0303. The number of carbonyl (C=O) groups excluding carboxylic acids is 1. The Bertz CT molecular complexity index is 313. The van der Waals surface area contributed by atoms with E-state index in [9.17, 15) is 4.79 Å². The zero-order valence-electron chi connectivity index (χ0n) is 8.56. The van der Waals surface area contributed by atoms with Crippen LogP contribution in [0.5, 0.6) is 0 Å². The Morgan fingerprint density at radius 3 is 2.93 bits per heavy atom. The van der Waals surface area contributed by atoms with E-state index in [1.807, 2.05) is 30.3 Å². The third kappa shape index (κ3) is 2.64. The van der Waals surface area contributed by atoms with E-state index in [1.54, 1.807) is 0 Å². The van der Waals surface area contributed by atoms with E-state index >= 15 is 0 Å². The molecule has 0 aromatic heterocycles. The maximum atomic E-state index is 10.7. The Labute approximate surface area is 89.4 Å². The maximum absolute atomic E-state index is 10.7. The Morgan fingerprint density at radius 1 is 1.40 bits per heavy atom. The first-order chi connectivity index (χ1) is 7.40. The van der Waals surface area contributed by atoms with Gasteiger partial charge in [-0.25, -0.2) is 0 Å². The van der Waals surface area contributed by atoms with Gasteiger partial charge >= 0.3 is 0 Å². The van der Waals surface area contributed by atoms with Crippen LogP contribution in [-0.2, 0) is 16.1 Å². The molecule has 1 heterocycles. The third-order valence-electron chi connectivity index (χ3n) is 2.66. The van der Waals surface area contributed by atoms with Crippen molar-refractivity contribution in [2.24, 2.45) is 0 Å². The largest absolute Gasteiger partial charge is 0.371 e. The fourth-order valence-electron chi connectivity index (χ4n) is 1.80. The molecule has 0 bridgehead atoms. The molecule has 1 unspecified atom stereocenters. The molecule has 0 saturated carbocycles. The Balaban J connectivity index is 1.85. The van der Waals surface area contributed by atoms with Crippen LogP contribution in [0, 0.1) is 0 Å². The number of hydrogen-bond acceptors (Lipinski definition) is 3. The lowest BCUT2D eigenvalue weighted by Crippen LogP contribution is -2.33. The number of ether oxygens (including phenoxy) is 1. The molecule has 0 aliphatic carbocycles. The van der Waals surface area contributed by atoms with Gasteiger partial charge in [0.2, 0.25) is 0 Å². The van der Waals surface area contributed by atoms with E-state index in [-0.39, 0.29) is 12.1 Å². The van der Waals surface area contributed by atoms with Gasteiger partial charge in [0.05, 0.1) is 18.8 Å². The Hall–Kier alpha value is -1.19. The van der Waals surface area contributed by atoms with Crippen molar-refractivity contribution in [3.05, 3.63) is 35.9 Å². The van der Waals surface area contributed by atoms with Gasteiger partial charge in [-0.15, -0.1) is 0 Å². The fraction of sp³-hybridized carbons (Fsp3) is 0.417. The van der Waals surface area contributed by atoms with E-state index < -0.39 is 0 Å². The van der Waals surface area contributed by atoms with E-state index in [1.165, 1.54) is 0 Å². The van der Waals surface area contributed by atoms with Crippen LogP contribution in [0.15, 0.2) is 30.3 Å². The van der Waals surface area contributed by atoms with E-state index in [0.717, 1.165) is 24.8 Å². The van der Waals surface area contributed by atoms with Crippen molar-refractivity contribution in [3.63, 3.8) is 0 Å². The summed E-state index contributed by atoms with van der Waals surface area (Å²) in [6, 6.07) is 9.88. The molecule has 1 aromatic carbocycles. The molecule has 80 valence electrons. The minimum Gasteiger partial charge on any atom is -0.371 e. The summed E-state index contributed by atoms with van der Waals surface area (Å²) in [5.41, 5.74) is 1.15. The average Bonchev–Trinajstić information content (AvgIpc) is 2.75. The summed E-state index contributed by atoms with van der Waals surface area (Å²) in [4.78, 5) is 10.7. The van der Waals surface area contributed by atoms with E-state index in [2.05, 4.69) is 5.32 Å². The third-order valence-corrected chi connectivity index (χ3v) is 2.66. The highest BCUT2D eigenvalue weighted by molar-refractivity contribution is 5.59. The van der Waals surface area contributed by atoms with Crippen molar-refractivity contribution in [2.75, 3.05) is 6.54 Å². The van der Waals surface area contributed by atoms with Crippen LogP contribution in [0.4, 0.5) is 0 Å².